The molecule has 3 rings (SSSR count). The van der Waals surface area contributed by atoms with Crippen LogP contribution in [0, 0.1) is 6.92 Å². The van der Waals surface area contributed by atoms with Crippen LogP contribution in [0.1, 0.15) is 23.0 Å². The molecule has 4 nitrogen and oxygen atoms in total. The minimum atomic E-state index is -0.0902. The fourth-order valence-corrected chi connectivity index (χ4v) is 2.37. The molecule has 1 amide bonds. The van der Waals surface area contributed by atoms with Crippen molar-refractivity contribution < 1.29 is 9.53 Å². The van der Waals surface area contributed by atoms with Gasteiger partial charge in [0.2, 0.25) is 0 Å². The number of carbonyl (C=O) groups excluding carboxylic acids is 1. The first-order valence-corrected chi connectivity index (χ1v) is 6.65. The van der Waals surface area contributed by atoms with Gasteiger partial charge in [-0.05, 0) is 43.7 Å². The summed E-state index contributed by atoms with van der Waals surface area (Å²) in [6.07, 6.45) is 1.60. The molecule has 1 aliphatic heterocycles. The molecule has 0 spiro atoms. The number of anilines is 1. The van der Waals surface area contributed by atoms with E-state index >= 15 is 0 Å². The minimum absolute atomic E-state index is 0.0298. The van der Waals surface area contributed by atoms with Crippen molar-refractivity contribution in [2.75, 3.05) is 11.4 Å². The van der Waals surface area contributed by atoms with Crippen LogP contribution in [-0.4, -0.2) is 23.5 Å². The molecular weight excluding hydrogens is 252 g/mol. The summed E-state index contributed by atoms with van der Waals surface area (Å²) >= 11 is 0. The third-order valence-corrected chi connectivity index (χ3v) is 3.30. The van der Waals surface area contributed by atoms with Crippen LogP contribution in [0.2, 0.25) is 0 Å². The van der Waals surface area contributed by atoms with Gasteiger partial charge in [-0.25, -0.2) is 0 Å². The van der Waals surface area contributed by atoms with Crippen LogP contribution >= 0.6 is 0 Å². The van der Waals surface area contributed by atoms with Crippen LogP contribution in [0.5, 0.6) is 5.75 Å². The largest absolute Gasteiger partial charge is 0.487 e. The number of amides is 1. The molecule has 102 valence electrons. The Bertz CT molecular complexity index is 640. The maximum Gasteiger partial charge on any atom is 0.277 e. The van der Waals surface area contributed by atoms with Crippen molar-refractivity contribution in [3.05, 3.63) is 53.9 Å². The third kappa shape index (κ3) is 2.25. The number of aryl methyl sites for hydroxylation is 1. The standard InChI is InChI=1S/C16H16N2O2/c1-11-6-7-15-14(9-11)18(10-12(2)20-15)16(19)13-5-3-4-8-17-13/h3-9,12H,10H2,1-2H3. The molecule has 1 unspecified atom stereocenters. The van der Waals surface area contributed by atoms with E-state index in [1.165, 1.54) is 0 Å². The zero-order chi connectivity index (χ0) is 14.1. The van der Waals surface area contributed by atoms with Gasteiger partial charge in [0, 0.05) is 6.20 Å². The molecule has 0 radical (unpaired) electrons. The Morgan fingerprint density at radius 3 is 2.95 bits per heavy atom. The van der Waals surface area contributed by atoms with Gasteiger partial charge in [-0.15, -0.1) is 0 Å². The zero-order valence-corrected chi connectivity index (χ0v) is 11.5. The van der Waals surface area contributed by atoms with Crippen LogP contribution in [0.3, 0.4) is 0 Å². The maximum absolute atomic E-state index is 12.6. The van der Waals surface area contributed by atoms with Crippen molar-refractivity contribution in [2.24, 2.45) is 0 Å². The van der Waals surface area contributed by atoms with Crippen molar-refractivity contribution in [3.63, 3.8) is 0 Å². The Morgan fingerprint density at radius 2 is 2.20 bits per heavy atom. The molecule has 0 saturated carbocycles. The van der Waals surface area contributed by atoms with E-state index in [1.807, 2.05) is 38.1 Å². The van der Waals surface area contributed by atoms with Gasteiger partial charge in [0.25, 0.3) is 5.91 Å². The molecule has 0 saturated heterocycles. The molecule has 0 N–H and O–H groups in total. The highest BCUT2D eigenvalue weighted by Gasteiger charge is 2.28. The highest BCUT2D eigenvalue weighted by molar-refractivity contribution is 6.06. The van der Waals surface area contributed by atoms with Gasteiger partial charge in [-0.1, -0.05) is 12.1 Å². The molecular formula is C16H16N2O2. The first-order chi connectivity index (χ1) is 9.65. The van der Waals surface area contributed by atoms with Gasteiger partial charge >= 0.3 is 0 Å². The van der Waals surface area contributed by atoms with Crippen molar-refractivity contribution in [1.82, 2.24) is 4.98 Å². The predicted molar refractivity (Wildman–Crippen MR) is 77.2 cm³/mol. The number of nitrogens with zero attached hydrogens (tertiary/aromatic N) is 2. The summed E-state index contributed by atoms with van der Waals surface area (Å²) in [7, 11) is 0. The Morgan fingerprint density at radius 1 is 1.35 bits per heavy atom. The number of hydrogen-bond donors (Lipinski definition) is 0. The summed E-state index contributed by atoms with van der Waals surface area (Å²) in [5.41, 5.74) is 2.37. The summed E-state index contributed by atoms with van der Waals surface area (Å²) in [5, 5.41) is 0. The van der Waals surface area contributed by atoms with Crippen LogP contribution in [0.4, 0.5) is 5.69 Å². The zero-order valence-electron chi connectivity index (χ0n) is 11.5. The summed E-state index contributed by atoms with van der Waals surface area (Å²) in [4.78, 5) is 18.5. The predicted octanol–water partition coefficient (Wildman–Crippen LogP) is 2.82. The molecule has 0 bridgehead atoms. The summed E-state index contributed by atoms with van der Waals surface area (Å²) < 4.78 is 5.79. The lowest BCUT2D eigenvalue weighted by Gasteiger charge is -2.33. The van der Waals surface area contributed by atoms with Crippen LogP contribution in [-0.2, 0) is 0 Å². The van der Waals surface area contributed by atoms with Crippen LogP contribution in [0.25, 0.3) is 0 Å². The second-order valence-corrected chi connectivity index (χ2v) is 5.03. The topological polar surface area (TPSA) is 42.4 Å². The lowest BCUT2D eigenvalue weighted by Crippen LogP contribution is -2.42. The molecule has 20 heavy (non-hydrogen) atoms. The Kier molecular flexibility index (Phi) is 3.14. The summed E-state index contributed by atoms with van der Waals surface area (Å²) in [6, 6.07) is 11.2. The van der Waals surface area contributed by atoms with Crippen LogP contribution < -0.4 is 9.64 Å². The molecule has 1 aliphatic rings. The number of fused-ring (bicyclic) bond motifs is 1. The lowest BCUT2D eigenvalue weighted by molar-refractivity contribution is 0.0956. The van der Waals surface area contributed by atoms with Gasteiger partial charge in [0.05, 0.1) is 12.2 Å². The third-order valence-electron chi connectivity index (χ3n) is 3.30. The van der Waals surface area contributed by atoms with Gasteiger partial charge in [0.15, 0.2) is 0 Å². The number of pyridine rings is 1. The average molecular weight is 268 g/mol. The molecule has 2 heterocycles. The average Bonchev–Trinajstić information content (AvgIpc) is 2.47. The highest BCUT2D eigenvalue weighted by Crippen LogP contribution is 2.34. The van der Waals surface area contributed by atoms with E-state index in [1.54, 1.807) is 23.2 Å². The van der Waals surface area contributed by atoms with Gasteiger partial charge in [-0.3, -0.25) is 14.7 Å². The van der Waals surface area contributed by atoms with Crippen LogP contribution in [0.15, 0.2) is 42.6 Å². The number of ether oxygens (including phenoxy) is 1. The molecule has 1 aromatic heterocycles. The van der Waals surface area contributed by atoms with Crippen molar-refractivity contribution >= 4 is 11.6 Å². The highest BCUT2D eigenvalue weighted by atomic mass is 16.5. The van der Waals surface area contributed by atoms with E-state index in [9.17, 15) is 4.79 Å². The van der Waals surface area contributed by atoms with E-state index < -0.39 is 0 Å². The molecule has 0 aliphatic carbocycles. The van der Waals surface area contributed by atoms with Gasteiger partial charge < -0.3 is 4.74 Å². The monoisotopic (exact) mass is 268 g/mol. The normalized spacial score (nSPS) is 17.3. The SMILES string of the molecule is Cc1ccc2c(c1)N(C(=O)c1ccccn1)CC(C)O2. The smallest absolute Gasteiger partial charge is 0.277 e. The minimum Gasteiger partial charge on any atom is -0.487 e. The summed E-state index contributed by atoms with van der Waals surface area (Å²) in [5.74, 6) is 0.659. The van der Waals surface area contributed by atoms with Crippen molar-refractivity contribution in [1.29, 1.82) is 0 Å². The molecule has 2 aromatic rings. The lowest BCUT2D eigenvalue weighted by atomic mass is 10.1. The fraction of sp³-hybridized carbons (Fsp3) is 0.250. The Labute approximate surface area is 118 Å². The van der Waals surface area contributed by atoms with Crippen molar-refractivity contribution in [3.8, 4) is 5.75 Å². The molecule has 0 fully saturated rings. The number of benzene rings is 1. The number of carbonyl (C=O) groups is 1. The first kappa shape index (κ1) is 12.7. The quantitative estimate of drug-likeness (QED) is 0.798. The second-order valence-electron chi connectivity index (χ2n) is 5.03. The van der Waals surface area contributed by atoms with E-state index in [0.717, 1.165) is 17.0 Å². The number of rotatable bonds is 1. The first-order valence-electron chi connectivity index (χ1n) is 6.65. The molecule has 1 aromatic carbocycles. The van der Waals surface area contributed by atoms with Crippen molar-refractivity contribution in [2.45, 2.75) is 20.0 Å². The number of aromatic nitrogens is 1. The van der Waals surface area contributed by atoms with Gasteiger partial charge in [-0.2, -0.15) is 0 Å². The fourth-order valence-electron chi connectivity index (χ4n) is 2.37. The second kappa shape index (κ2) is 4.96. The number of hydrogen-bond acceptors (Lipinski definition) is 3. The summed E-state index contributed by atoms with van der Waals surface area (Å²) in [6.45, 7) is 4.50. The Hall–Kier alpha value is -2.36. The maximum atomic E-state index is 12.6. The van der Waals surface area contributed by atoms with E-state index in [0.29, 0.717) is 12.2 Å². The molecule has 1 atom stereocenters. The van der Waals surface area contributed by atoms with Gasteiger partial charge in [0.1, 0.15) is 17.5 Å². The Balaban J connectivity index is 2.02. The van der Waals surface area contributed by atoms with E-state index in [4.69, 9.17) is 4.74 Å². The molecule has 4 heteroatoms. The van der Waals surface area contributed by atoms with E-state index in [-0.39, 0.29) is 12.0 Å². The van der Waals surface area contributed by atoms with E-state index in [2.05, 4.69) is 4.98 Å².